The van der Waals surface area contributed by atoms with Gasteiger partial charge in [0.05, 0.1) is 16.5 Å². The number of nitrogens with zero attached hydrogens (tertiary/aromatic N) is 4. The number of nitrogens with one attached hydrogen (secondary N) is 1. The summed E-state index contributed by atoms with van der Waals surface area (Å²) in [6, 6.07) is 7.07. The fourth-order valence-corrected chi connectivity index (χ4v) is 3.87. The standard InChI is InChI=1S/C19H18ClN5O3S/c1-2-25-18(12-3-5-21-6-4-12)23-24-19(25)29-11-17(26)22-14-10-16-15(9-13(14)20)27-7-8-28-16/h3-6,9-10H,2,7-8,11H2,1H3,(H,22,26). The molecule has 1 aromatic carbocycles. The first-order chi connectivity index (χ1) is 14.2. The van der Waals surface area contributed by atoms with E-state index >= 15 is 0 Å². The van der Waals surface area contributed by atoms with Crippen LogP contribution in [0.25, 0.3) is 11.4 Å². The fourth-order valence-electron chi connectivity index (χ4n) is 2.87. The van der Waals surface area contributed by atoms with E-state index in [0.29, 0.717) is 47.1 Å². The predicted octanol–water partition coefficient (Wildman–Crippen LogP) is 3.52. The zero-order chi connectivity index (χ0) is 20.2. The molecule has 0 saturated heterocycles. The lowest BCUT2D eigenvalue weighted by Gasteiger charge is -2.20. The summed E-state index contributed by atoms with van der Waals surface area (Å²) in [7, 11) is 0. The van der Waals surface area contributed by atoms with Crippen molar-refractivity contribution in [3.8, 4) is 22.9 Å². The lowest BCUT2D eigenvalue weighted by Crippen LogP contribution is -2.17. The van der Waals surface area contributed by atoms with Gasteiger partial charge in [-0.3, -0.25) is 9.78 Å². The van der Waals surface area contributed by atoms with E-state index in [1.165, 1.54) is 11.8 Å². The number of fused-ring (bicyclic) bond motifs is 1. The van der Waals surface area contributed by atoms with Crippen molar-refractivity contribution in [2.24, 2.45) is 0 Å². The van der Waals surface area contributed by atoms with Crippen LogP contribution in [0.4, 0.5) is 5.69 Å². The van der Waals surface area contributed by atoms with Crippen molar-refractivity contribution in [2.75, 3.05) is 24.3 Å². The van der Waals surface area contributed by atoms with Crippen LogP contribution in [0.2, 0.25) is 5.02 Å². The van der Waals surface area contributed by atoms with Gasteiger partial charge < -0.3 is 19.4 Å². The molecule has 0 aliphatic carbocycles. The Morgan fingerprint density at radius 2 is 1.93 bits per heavy atom. The van der Waals surface area contributed by atoms with E-state index in [-0.39, 0.29) is 11.7 Å². The zero-order valence-electron chi connectivity index (χ0n) is 15.6. The highest BCUT2D eigenvalue weighted by atomic mass is 35.5. The molecule has 150 valence electrons. The molecular formula is C19H18ClN5O3S. The number of aromatic nitrogens is 4. The summed E-state index contributed by atoms with van der Waals surface area (Å²) in [4.78, 5) is 16.5. The molecule has 29 heavy (non-hydrogen) atoms. The third-order valence-electron chi connectivity index (χ3n) is 4.21. The fraction of sp³-hybridized carbons (Fsp3) is 0.263. The number of anilines is 1. The van der Waals surface area contributed by atoms with Crippen molar-refractivity contribution in [1.82, 2.24) is 19.7 Å². The van der Waals surface area contributed by atoms with Crippen LogP contribution in [-0.2, 0) is 11.3 Å². The van der Waals surface area contributed by atoms with Gasteiger partial charge >= 0.3 is 0 Å². The summed E-state index contributed by atoms with van der Waals surface area (Å²) in [6.07, 6.45) is 3.42. The maximum Gasteiger partial charge on any atom is 0.234 e. The van der Waals surface area contributed by atoms with Gasteiger partial charge in [0.25, 0.3) is 0 Å². The van der Waals surface area contributed by atoms with Crippen LogP contribution in [-0.4, -0.2) is 44.6 Å². The Morgan fingerprint density at radius 3 is 2.66 bits per heavy atom. The minimum atomic E-state index is -0.204. The van der Waals surface area contributed by atoms with Crippen LogP contribution in [0.15, 0.2) is 41.8 Å². The Labute approximate surface area is 176 Å². The van der Waals surface area contributed by atoms with Crippen LogP contribution in [0.3, 0.4) is 0 Å². The quantitative estimate of drug-likeness (QED) is 0.597. The number of hydrogen-bond donors (Lipinski definition) is 1. The molecule has 8 nitrogen and oxygen atoms in total. The molecule has 2 aromatic heterocycles. The van der Waals surface area contributed by atoms with E-state index in [1.54, 1.807) is 24.5 Å². The summed E-state index contributed by atoms with van der Waals surface area (Å²) >= 11 is 7.56. The molecule has 0 unspecified atom stereocenters. The van der Waals surface area contributed by atoms with Crippen molar-refractivity contribution in [2.45, 2.75) is 18.6 Å². The smallest absolute Gasteiger partial charge is 0.234 e. The van der Waals surface area contributed by atoms with Crippen molar-refractivity contribution in [1.29, 1.82) is 0 Å². The first-order valence-electron chi connectivity index (χ1n) is 9.01. The van der Waals surface area contributed by atoms with Gasteiger partial charge in [-0.1, -0.05) is 23.4 Å². The van der Waals surface area contributed by atoms with E-state index in [2.05, 4.69) is 20.5 Å². The predicted molar refractivity (Wildman–Crippen MR) is 111 cm³/mol. The molecule has 1 aliphatic rings. The lowest BCUT2D eigenvalue weighted by molar-refractivity contribution is -0.113. The molecule has 0 spiro atoms. The largest absolute Gasteiger partial charge is 0.486 e. The number of benzene rings is 1. The second-order valence-electron chi connectivity index (χ2n) is 6.10. The molecule has 4 rings (SSSR count). The number of ether oxygens (including phenoxy) is 2. The van der Waals surface area contributed by atoms with Gasteiger partial charge in [0.15, 0.2) is 22.5 Å². The Hall–Kier alpha value is -2.78. The summed E-state index contributed by atoms with van der Waals surface area (Å²) in [5.74, 6) is 1.85. The summed E-state index contributed by atoms with van der Waals surface area (Å²) in [6.45, 7) is 3.63. The number of hydrogen-bond acceptors (Lipinski definition) is 7. The molecule has 0 atom stereocenters. The maximum absolute atomic E-state index is 12.5. The first kappa shape index (κ1) is 19.5. The number of carbonyl (C=O) groups excluding carboxylic acids is 1. The molecule has 0 bridgehead atoms. The van der Waals surface area contributed by atoms with Gasteiger partial charge in [0.1, 0.15) is 13.2 Å². The Morgan fingerprint density at radius 1 is 1.21 bits per heavy atom. The maximum atomic E-state index is 12.5. The van der Waals surface area contributed by atoms with Crippen LogP contribution in [0, 0.1) is 0 Å². The SMILES string of the molecule is CCn1c(SCC(=O)Nc2cc3c(cc2Cl)OCCO3)nnc1-c1ccncc1. The molecule has 1 N–H and O–H groups in total. The minimum absolute atomic E-state index is 0.166. The van der Waals surface area contributed by atoms with Gasteiger partial charge in [-0.05, 0) is 19.1 Å². The number of pyridine rings is 1. The van der Waals surface area contributed by atoms with E-state index in [9.17, 15) is 4.79 Å². The monoisotopic (exact) mass is 431 g/mol. The highest BCUT2D eigenvalue weighted by molar-refractivity contribution is 7.99. The molecular weight excluding hydrogens is 414 g/mol. The van der Waals surface area contributed by atoms with E-state index in [1.807, 2.05) is 23.6 Å². The third-order valence-corrected chi connectivity index (χ3v) is 5.49. The second kappa shape index (κ2) is 8.71. The number of amides is 1. The van der Waals surface area contributed by atoms with Gasteiger partial charge in [-0.25, -0.2) is 0 Å². The molecule has 0 saturated carbocycles. The Bertz CT molecular complexity index is 1030. The summed E-state index contributed by atoms with van der Waals surface area (Å²) in [5, 5.41) is 12.4. The number of halogens is 1. The van der Waals surface area contributed by atoms with Gasteiger partial charge in [0, 0.05) is 36.6 Å². The normalized spacial score (nSPS) is 12.6. The van der Waals surface area contributed by atoms with Crippen molar-refractivity contribution < 1.29 is 14.3 Å². The summed E-state index contributed by atoms with van der Waals surface area (Å²) in [5.41, 5.74) is 1.41. The average Bonchev–Trinajstić information content (AvgIpc) is 3.16. The topological polar surface area (TPSA) is 91.2 Å². The van der Waals surface area contributed by atoms with E-state index in [0.717, 1.165) is 11.4 Å². The van der Waals surface area contributed by atoms with Crippen LogP contribution in [0.1, 0.15) is 6.92 Å². The van der Waals surface area contributed by atoms with Gasteiger partial charge in [-0.2, -0.15) is 0 Å². The van der Waals surface area contributed by atoms with Crippen LogP contribution in [0.5, 0.6) is 11.5 Å². The Kier molecular flexibility index (Phi) is 5.86. The Balaban J connectivity index is 1.43. The molecule has 3 aromatic rings. The highest BCUT2D eigenvalue weighted by Gasteiger charge is 2.18. The third kappa shape index (κ3) is 4.30. The number of rotatable bonds is 6. The molecule has 10 heteroatoms. The highest BCUT2D eigenvalue weighted by Crippen LogP contribution is 2.38. The minimum Gasteiger partial charge on any atom is -0.486 e. The van der Waals surface area contributed by atoms with Crippen molar-refractivity contribution >= 4 is 35.0 Å². The van der Waals surface area contributed by atoms with Crippen molar-refractivity contribution in [3.05, 3.63) is 41.7 Å². The number of carbonyl (C=O) groups is 1. The van der Waals surface area contributed by atoms with Crippen LogP contribution < -0.4 is 14.8 Å². The van der Waals surface area contributed by atoms with Gasteiger partial charge in [-0.15, -0.1) is 10.2 Å². The first-order valence-corrected chi connectivity index (χ1v) is 10.4. The molecule has 1 aliphatic heterocycles. The van der Waals surface area contributed by atoms with Crippen LogP contribution >= 0.6 is 23.4 Å². The summed E-state index contributed by atoms with van der Waals surface area (Å²) < 4.78 is 13.0. The number of thioether (sulfide) groups is 1. The molecule has 0 fully saturated rings. The van der Waals surface area contributed by atoms with Gasteiger partial charge in [0.2, 0.25) is 5.91 Å². The van der Waals surface area contributed by atoms with E-state index < -0.39 is 0 Å². The molecule has 0 radical (unpaired) electrons. The van der Waals surface area contributed by atoms with Crippen molar-refractivity contribution in [3.63, 3.8) is 0 Å². The lowest BCUT2D eigenvalue weighted by atomic mass is 10.2. The average molecular weight is 432 g/mol. The van der Waals surface area contributed by atoms with E-state index in [4.69, 9.17) is 21.1 Å². The molecule has 3 heterocycles. The molecule has 1 amide bonds. The second-order valence-corrected chi connectivity index (χ2v) is 7.45. The zero-order valence-corrected chi connectivity index (χ0v) is 17.2.